The van der Waals surface area contributed by atoms with Gasteiger partial charge in [-0.3, -0.25) is 4.79 Å². The topological polar surface area (TPSA) is 62.2 Å². The van der Waals surface area contributed by atoms with E-state index in [0.29, 0.717) is 5.56 Å². The van der Waals surface area contributed by atoms with Crippen LogP contribution in [0.15, 0.2) is 91.0 Å². The Morgan fingerprint density at radius 2 is 1.52 bits per heavy atom. The van der Waals surface area contributed by atoms with E-state index in [0.717, 1.165) is 27.7 Å². The van der Waals surface area contributed by atoms with E-state index in [1.165, 1.54) is 0 Å². The number of fused-ring (bicyclic) bond motifs is 1. The predicted molar refractivity (Wildman–Crippen MR) is 116 cm³/mol. The van der Waals surface area contributed by atoms with Gasteiger partial charge in [0.2, 0.25) is 0 Å². The van der Waals surface area contributed by atoms with Crippen molar-refractivity contribution in [3.63, 3.8) is 0 Å². The molecule has 0 radical (unpaired) electrons. The van der Waals surface area contributed by atoms with Gasteiger partial charge in [0.05, 0.1) is 28.9 Å². The van der Waals surface area contributed by atoms with Crippen molar-refractivity contribution in [2.45, 2.75) is 19.1 Å². The van der Waals surface area contributed by atoms with Crippen molar-refractivity contribution < 1.29 is 9.90 Å². The molecule has 4 rings (SSSR count). The number of hydrogen-bond donors (Lipinski definition) is 2. The van der Waals surface area contributed by atoms with Crippen molar-refractivity contribution >= 4 is 16.8 Å². The first-order valence-corrected chi connectivity index (χ1v) is 9.62. The summed E-state index contributed by atoms with van der Waals surface area (Å²) in [6, 6.07) is 28.2. The molecular weight excluding hydrogens is 360 g/mol. The molecule has 1 amide bonds. The van der Waals surface area contributed by atoms with Crippen LogP contribution in [0.1, 0.15) is 28.9 Å². The van der Waals surface area contributed by atoms with Gasteiger partial charge in [-0.15, -0.1) is 0 Å². The van der Waals surface area contributed by atoms with Crippen molar-refractivity contribution in [3.8, 4) is 11.3 Å². The number of rotatable bonds is 5. The summed E-state index contributed by atoms with van der Waals surface area (Å²) in [7, 11) is 0. The number of benzene rings is 3. The molecule has 4 heteroatoms. The number of hydrogen-bond acceptors (Lipinski definition) is 3. The van der Waals surface area contributed by atoms with Gasteiger partial charge < -0.3 is 10.4 Å². The van der Waals surface area contributed by atoms with E-state index in [4.69, 9.17) is 4.98 Å². The largest absolute Gasteiger partial charge is 0.391 e. The van der Waals surface area contributed by atoms with Crippen LogP contribution in [0.3, 0.4) is 0 Å². The van der Waals surface area contributed by atoms with Crippen LogP contribution in [-0.2, 0) is 0 Å². The van der Waals surface area contributed by atoms with E-state index >= 15 is 0 Å². The lowest BCUT2D eigenvalue weighted by Gasteiger charge is -2.22. The molecule has 29 heavy (non-hydrogen) atoms. The first kappa shape index (κ1) is 18.8. The van der Waals surface area contributed by atoms with Gasteiger partial charge in [-0.05, 0) is 24.6 Å². The number of nitrogens with zero attached hydrogens (tertiary/aromatic N) is 1. The van der Waals surface area contributed by atoms with Crippen LogP contribution in [0, 0.1) is 0 Å². The number of carbonyl (C=O) groups excluding carboxylic acids is 1. The molecule has 2 atom stereocenters. The monoisotopic (exact) mass is 382 g/mol. The second-order valence-electron chi connectivity index (χ2n) is 7.04. The van der Waals surface area contributed by atoms with Crippen LogP contribution in [0.4, 0.5) is 0 Å². The number of aromatic nitrogens is 1. The van der Waals surface area contributed by atoms with Crippen LogP contribution in [-0.4, -0.2) is 22.1 Å². The molecule has 2 unspecified atom stereocenters. The molecule has 0 fully saturated rings. The third-order valence-corrected chi connectivity index (χ3v) is 4.96. The van der Waals surface area contributed by atoms with Gasteiger partial charge in [0, 0.05) is 10.9 Å². The summed E-state index contributed by atoms with van der Waals surface area (Å²) < 4.78 is 0. The molecule has 0 saturated heterocycles. The Labute approximate surface area is 169 Å². The highest BCUT2D eigenvalue weighted by Gasteiger charge is 2.22. The molecule has 1 aromatic heterocycles. The number of amides is 1. The lowest BCUT2D eigenvalue weighted by Crippen LogP contribution is -2.35. The van der Waals surface area contributed by atoms with Crippen LogP contribution in [0.2, 0.25) is 0 Å². The first-order valence-electron chi connectivity index (χ1n) is 9.62. The Bertz CT molecular complexity index is 1130. The highest BCUT2D eigenvalue weighted by atomic mass is 16.3. The average molecular weight is 382 g/mol. The van der Waals surface area contributed by atoms with Gasteiger partial charge in [-0.2, -0.15) is 0 Å². The molecule has 0 bridgehead atoms. The second-order valence-corrected chi connectivity index (χ2v) is 7.04. The average Bonchev–Trinajstić information content (AvgIpc) is 2.77. The third kappa shape index (κ3) is 4.03. The zero-order chi connectivity index (χ0) is 20.2. The van der Waals surface area contributed by atoms with Gasteiger partial charge in [-0.25, -0.2) is 4.98 Å². The lowest BCUT2D eigenvalue weighted by molar-refractivity contribution is 0.0860. The number of aliphatic hydroxyl groups excluding tert-OH is 1. The minimum atomic E-state index is -0.733. The molecule has 3 aromatic carbocycles. The highest BCUT2D eigenvalue weighted by Crippen LogP contribution is 2.26. The smallest absolute Gasteiger partial charge is 0.252 e. The van der Waals surface area contributed by atoms with Gasteiger partial charge in [-0.1, -0.05) is 78.9 Å². The maximum atomic E-state index is 13.3. The van der Waals surface area contributed by atoms with E-state index in [1.807, 2.05) is 91.0 Å². The Balaban J connectivity index is 1.77. The van der Waals surface area contributed by atoms with Crippen molar-refractivity contribution in [2.75, 3.05) is 0 Å². The van der Waals surface area contributed by atoms with Crippen molar-refractivity contribution in [2.24, 2.45) is 0 Å². The SMILES string of the molecule is CC(O)C(NC(=O)c1cc(-c2ccccc2)nc2ccccc12)c1ccccc1. The molecule has 0 saturated carbocycles. The van der Waals surface area contributed by atoms with E-state index in [2.05, 4.69) is 5.32 Å². The van der Waals surface area contributed by atoms with Crippen LogP contribution in [0.25, 0.3) is 22.2 Å². The molecular formula is C25H22N2O2. The highest BCUT2D eigenvalue weighted by molar-refractivity contribution is 6.07. The van der Waals surface area contributed by atoms with Crippen LogP contribution >= 0.6 is 0 Å². The molecule has 4 nitrogen and oxygen atoms in total. The van der Waals surface area contributed by atoms with Crippen molar-refractivity contribution in [1.82, 2.24) is 10.3 Å². The zero-order valence-electron chi connectivity index (χ0n) is 16.1. The molecule has 0 spiro atoms. The molecule has 4 aromatic rings. The van der Waals surface area contributed by atoms with E-state index in [1.54, 1.807) is 6.92 Å². The summed E-state index contributed by atoms with van der Waals surface area (Å²) in [6.07, 6.45) is -0.733. The van der Waals surface area contributed by atoms with Gasteiger partial charge in [0.25, 0.3) is 5.91 Å². The third-order valence-electron chi connectivity index (χ3n) is 4.96. The number of carbonyl (C=O) groups is 1. The number of aliphatic hydroxyl groups is 1. The number of pyridine rings is 1. The molecule has 0 aliphatic heterocycles. The van der Waals surface area contributed by atoms with Gasteiger partial charge in [0.15, 0.2) is 0 Å². The van der Waals surface area contributed by atoms with Crippen molar-refractivity contribution in [1.29, 1.82) is 0 Å². The Kier molecular flexibility index (Phi) is 5.36. The summed E-state index contributed by atoms with van der Waals surface area (Å²) in [5.74, 6) is -0.240. The van der Waals surface area contributed by atoms with Crippen LogP contribution < -0.4 is 5.32 Å². The van der Waals surface area contributed by atoms with E-state index in [9.17, 15) is 9.90 Å². The van der Waals surface area contributed by atoms with Gasteiger partial charge >= 0.3 is 0 Å². The lowest BCUT2D eigenvalue weighted by atomic mass is 10.00. The minimum Gasteiger partial charge on any atom is -0.391 e. The Morgan fingerprint density at radius 3 is 2.21 bits per heavy atom. The molecule has 0 aliphatic rings. The van der Waals surface area contributed by atoms with Crippen molar-refractivity contribution in [3.05, 3.63) is 102 Å². The number of para-hydroxylation sites is 1. The number of nitrogens with one attached hydrogen (secondary N) is 1. The van der Waals surface area contributed by atoms with E-state index in [-0.39, 0.29) is 5.91 Å². The Morgan fingerprint density at radius 1 is 0.897 bits per heavy atom. The fourth-order valence-electron chi connectivity index (χ4n) is 3.48. The van der Waals surface area contributed by atoms with Crippen LogP contribution in [0.5, 0.6) is 0 Å². The fraction of sp³-hybridized carbons (Fsp3) is 0.120. The summed E-state index contributed by atoms with van der Waals surface area (Å²) in [4.78, 5) is 18.0. The summed E-state index contributed by atoms with van der Waals surface area (Å²) in [6.45, 7) is 1.68. The minimum absolute atomic E-state index is 0.240. The normalized spacial score (nSPS) is 13.0. The summed E-state index contributed by atoms with van der Waals surface area (Å²) >= 11 is 0. The van der Waals surface area contributed by atoms with Gasteiger partial charge in [0.1, 0.15) is 0 Å². The molecule has 1 heterocycles. The maximum Gasteiger partial charge on any atom is 0.252 e. The zero-order valence-corrected chi connectivity index (χ0v) is 16.1. The quantitative estimate of drug-likeness (QED) is 0.523. The molecule has 144 valence electrons. The second kappa shape index (κ2) is 8.25. The first-order chi connectivity index (χ1) is 14.1. The summed E-state index contributed by atoms with van der Waals surface area (Å²) in [5, 5.41) is 14.1. The Hall–Kier alpha value is -3.50. The summed E-state index contributed by atoms with van der Waals surface area (Å²) in [5.41, 5.74) is 3.84. The maximum absolute atomic E-state index is 13.3. The predicted octanol–water partition coefficient (Wildman–Crippen LogP) is 4.75. The molecule has 2 N–H and O–H groups in total. The fourth-order valence-corrected chi connectivity index (χ4v) is 3.48. The molecule has 0 aliphatic carbocycles. The van der Waals surface area contributed by atoms with E-state index < -0.39 is 12.1 Å². The standard InChI is InChI=1S/C25H22N2O2/c1-17(28)24(19-12-6-3-7-13-19)27-25(29)21-16-23(18-10-4-2-5-11-18)26-22-15-9-8-14-20(21)22/h2-17,24,28H,1H3,(H,27,29).